The van der Waals surface area contributed by atoms with Crippen LogP contribution >= 0.6 is 0 Å². The second-order valence-electron chi connectivity index (χ2n) is 4.33. The minimum atomic E-state index is -0.440. The van der Waals surface area contributed by atoms with Crippen LogP contribution in [0, 0.1) is 10.1 Å². The molecular formula is C12H15N3O3. The first-order chi connectivity index (χ1) is 8.65. The molecule has 0 aliphatic heterocycles. The second-order valence-corrected chi connectivity index (χ2v) is 4.33. The lowest BCUT2D eigenvalue weighted by Gasteiger charge is -2.06. The Morgan fingerprint density at radius 2 is 2.22 bits per heavy atom. The van der Waals surface area contributed by atoms with Crippen LogP contribution in [0.4, 0.5) is 11.4 Å². The van der Waals surface area contributed by atoms with Crippen molar-refractivity contribution < 1.29 is 9.72 Å². The highest BCUT2D eigenvalue weighted by Crippen LogP contribution is 2.19. The minimum absolute atomic E-state index is 0.0235. The molecule has 0 spiro atoms. The molecule has 2 N–H and O–H groups in total. The molecule has 1 aliphatic carbocycles. The van der Waals surface area contributed by atoms with Crippen molar-refractivity contribution in [2.24, 2.45) is 0 Å². The predicted molar refractivity (Wildman–Crippen MR) is 67.4 cm³/mol. The summed E-state index contributed by atoms with van der Waals surface area (Å²) in [5, 5.41) is 16.5. The molecule has 0 heterocycles. The number of nitro groups is 1. The third-order valence-electron chi connectivity index (χ3n) is 2.68. The van der Waals surface area contributed by atoms with E-state index in [0.29, 0.717) is 24.7 Å². The Labute approximate surface area is 105 Å². The minimum Gasteiger partial charge on any atom is -0.384 e. The van der Waals surface area contributed by atoms with Gasteiger partial charge in [0.1, 0.15) is 0 Å². The fourth-order valence-electron chi connectivity index (χ4n) is 1.58. The SMILES string of the molecule is O=C(CCNc1cccc([N+](=O)[O-])c1)NC1CC1. The van der Waals surface area contributed by atoms with Gasteiger partial charge in [0.05, 0.1) is 4.92 Å². The number of amides is 1. The van der Waals surface area contributed by atoms with Gasteiger partial charge in [-0.15, -0.1) is 0 Å². The fourth-order valence-corrected chi connectivity index (χ4v) is 1.58. The van der Waals surface area contributed by atoms with Crippen LogP contribution in [-0.2, 0) is 4.79 Å². The van der Waals surface area contributed by atoms with Crippen LogP contribution in [0.15, 0.2) is 24.3 Å². The normalized spacial score (nSPS) is 14.0. The number of benzene rings is 1. The van der Waals surface area contributed by atoms with E-state index < -0.39 is 4.92 Å². The number of hydrogen-bond acceptors (Lipinski definition) is 4. The van der Waals surface area contributed by atoms with Gasteiger partial charge in [-0.2, -0.15) is 0 Å². The Hall–Kier alpha value is -2.11. The Balaban J connectivity index is 1.76. The summed E-state index contributed by atoms with van der Waals surface area (Å²) in [7, 11) is 0. The molecule has 1 fully saturated rings. The number of non-ortho nitro benzene ring substituents is 1. The molecule has 0 bridgehead atoms. The van der Waals surface area contributed by atoms with Crippen molar-refractivity contribution in [3.05, 3.63) is 34.4 Å². The van der Waals surface area contributed by atoms with E-state index in [1.165, 1.54) is 12.1 Å². The van der Waals surface area contributed by atoms with E-state index in [-0.39, 0.29) is 11.6 Å². The smallest absolute Gasteiger partial charge is 0.271 e. The number of nitrogens with one attached hydrogen (secondary N) is 2. The highest BCUT2D eigenvalue weighted by Gasteiger charge is 2.22. The number of rotatable bonds is 6. The van der Waals surface area contributed by atoms with Gasteiger partial charge >= 0.3 is 0 Å². The summed E-state index contributed by atoms with van der Waals surface area (Å²) in [6.07, 6.45) is 2.52. The van der Waals surface area contributed by atoms with Crippen molar-refractivity contribution in [3.8, 4) is 0 Å². The van der Waals surface area contributed by atoms with Crippen LogP contribution in [0.25, 0.3) is 0 Å². The lowest BCUT2D eigenvalue weighted by Crippen LogP contribution is -2.27. The summed E-state index contributed by atoms with van der Waals surface area (Å²) in [6, 6.07) is 6.62. The lowest BCUT2D eigenvalue weighted by atomic mass is 10.2. The van der Waals surface area contributed by atoms with Crippen LogP contribution in [0.3, 0.4) is 0 Å². The summed E-state index contributed by atoms with van der Waals surface area (Å²) in [4.78, 5) is 21.5. The van der Waals surface area contributed by atoms with Crippen molar-refractivity contribution in [2.45, 2.75) is 25.3 Å². The molecule has 1 saturated carbocycles. The zero-order chi connectivity index (χ0) is 13.0. The molecule has 6 heteroatoms. The number of carbonyl (C=O) groups is 1. The van der Waals surface area contributed by atoms with Gasteiger partial charge in [-0.3, -0.25) is 14.9 Å². The van der Waals surface area contributed by atoms with Gasteiger partial charge < -0.3 is 10.6 Å². The maximum absolute atomic E-state index is 11.4. The predicted octanol–water partition coefficient (Wildman–Crippen LogP) is 1.68. The standard InChI is InChI=1S/C12H15N3O3/c16-12(14-9-4-5-9)6-7-13-10-2-1-3-11(8-10)15(17)18/h1-3,8-9,13H,4-7H2,(H,14,16). The van der Waals surface area contributed by atoms with Crippen molar-refractivity contribution in [1.82, 2.24) is 5.32 Å². The molecule has 96 valence electrons. The fraction of sp³-hybridized carbons (Fsp3) is 0.417. The number of carbonyl (C=O) groups excluding carboxylic acids is 1. The summed E-state index contributed by atoms with van der Waals surface area (Å²) < 4.78 is 0. The van der Waals surface area contributed by atoms with Crippen molar-refractivity contribution in [1.29, 1.82) is 0 Å². The molecule has 1 aromatic rings. The van der Waals surface area contributed by atoms with Gasteiger partial charge in [0.2, 0.25) is 5.91 Å². The monoisotopic (exact) mass is 249 g/mol. The van der Waals surface area contributed by atoms with Crippen molar-refractivity contribution in [2.75, 3.05) is 11.9 Å². The Morgan fingerprint density at radius 1 is 1.44 bits per heavy atom. The maximum Gasteiger partial charge on any atom is 0.271 e. The first kappa shape index (κ1) is 12.3. The maximum atomic E-state index is 11.4. The largest absolute Gasteiger partial charge is 0.384 e. The zero-order valence-electron chi connectivity index (χ0n) is 9.89. The van der Waals surface area contributed by atoms with Crippen LogP contribution in [0.1, 0.15) is 19.3 Å². The number of hydrogen-bond donors (Lipinski definition) is 2. The average Bonchev–Trinajstić information content (AvgIpc) is 3.13. The molecule has 0 radical (unpaired) electrons. The first-order valence-electron chi connectivity index (χ1n) is 5.93. The molecule has 1 amide bonds. The average molecular weight is 249 g/mol. The highest BCUT2D eigenvalue weighted by molar-refractivity contribution is 5.77. The van der Waals surface area contributed by atoms with Crippen LogP contribution in [0.5, 0.6) is 0 Å². The summed E-state index contributed by atoms with van der Waals surface area (Å²) in [6.45, 7) is 0.472. The number of nitro benzene ring substituents is 1. The van der Waals surface area contributed by atoms with Gasteiger partial charge in [-0.05, 0) is 18.9 Å². The second kappa shape index (κ2) is 5.48. The molecule has 2 rings (SSSR count). The molecule has 0 atom stereocenters. The van der Waals surface area contributed by atoms with Crippen LogP contribution in [-0.4, -0.2) is 23.4 Å². The van der Waals surface area contributed by atoms with Gasteiger partial charge in [-0.1, -0.05) is 6.07 Å². The third kappa shape index (κ3) is 3.73. The van der Waals surface area contributed by atoms with E-state index in [4.69, 9.17) is 0 Å². The molecule has 0 aromatic heterocycles. The van der Waals surface area contributed by atoms with Crippen molar-refractivity contribution in [3.63, 3.8) is 0 Å². The summed E-state index contributed by atoms with van der Waals surface area (Å²) in [5.41, 5.74) is 0.700. The van der Waals surface area contributed by atoms with Crippen LogP contribution < -0.4 is 10.6 Å². The van der Waals surface area contributed by atoms with E-state index in [2.05, 4.69) is 10.6 Å². The molecular weight excluding hydrogens is 234 g/mol. The Kier molecular flexibility index (Phi) is 3.76. The summed E-state index contributed by atoms with van der Waals surface area (Å²) >= 11 is 0. The number of anilines is 1. The zero-order valence-corrected chi connectivity index (χ0v) is 9.89. The molecule has 18 heavy (non-hydrogen) atoms. The van der Waals surface area contributed by atoms with E-state index in [0.717, 1.165) is 12.8 Å². The Morgan fingerprint density at radius 3 is 2.89 bits per heavy atom. The van der Waals surface area contributed by atoms with Gasteiger partial charge in [-0.25, -0.2) is 0 Å². The van der Waals surface area contributed by atoms with E-state index in [1.54, 1.807) is 12.1 Å². The van der Waals surface area contributed by atoms with Gasteiger partial charge in [0.25, 0.3) is 5.69 Å². The third-order valence-corrected chi connectivity index (χ3v) is 2.68. The molecule has 0 unspecified atom stereocenters. The highest BCUT2D eigenvalue weighted by atomic mass is 16.6. The van der Waals surface area contributed by atoms with Gasteiger partial charge in [0, 0.05) is 36.8 Å². The topological polar surface area (TPSA) is 84.3 Å². The first-order valence-corrected chi connectivity index (χ1v) is 5.93. The van der Waals surface area contributed by atoms with Gasteiger partial charge in [0.15, 0.2) is 0 Å². The quantitative estimate of drug-likeness (QED) is 0.593. The van der Waals surface area contributed by atoms with E-state index >= 15 is 0 Å². The molecule has 6 nitrogen and oxygen atoms in total. The molecule has 0 saturated heterocycles. The summed E-state index contributed by atoms with van der Waals surface area (Å²) in [5.74, 6) is 0.0235. The van der Waals surface area contributed by atoms with E-state index in [9.17, 15) is 14.9 Å². The van der Waals surface area contributed by atoms with Crippen molar-refractivity contribution >= 4 is 17.3 Å². The lowest BCUT2D eigenvalue weighted by molar-refractivity contribution is -0.384. The molecule has 1 aliphatic rings. The van der Waals surface area contributed by atoms with E-state index in [1.807, 2.05) is 0 Å². The van der Waals surface area contributed by atoms with Crippen LogP contribution in [0.2, 0.25) is 0 Å². The molecule has 1 aromatic carbocycles. The Bertz CT molecular complexity index is 458. The number of nitrogens with zero attached hydrogens (tertiary/aromatic N) is 1.